The maximum atomic E-state index is 10.8. The highest BCUT2D eigenvalue weighted by Crippen LogP contribution is 1.96. The number of nitrogens with one attached hydrogen (secondary N) is 2. The second kappa shape index (κ2) is 4.61. The second-order valence-electron chi connectivity index (χ2n) is 2.74. The highest BCUT2D eigenvalue weighted by Gasteiger charge is 2.00. The molecule has 5 nitrogen and oxygen atoms in total. The average molecular weight is 183 g/mol. The second-order valence-corrected chi connectivity index (χ2v) is 2.74. The van der Waals surface area contributed by atoms with E-state index in [0.717, 1.165) is 0 Å². The summed E-state index contributed by atoms with van der Waals surface area (Å²) in [5.41, 5.74) is -0.205. The van der Waals surface area contributed by atoms with Crippen molar-refractivity contribution in [3.05, 3.63) is 22.7 Å². The number of rotatable bonds is 4. The Hall–Kier alpha value is -1.36. The Kier molecular flexibility index (Phi) is 3.45. The summed E-state index contributed by atoms with van der Waals surface area (Å²) in [6.07, 6.45) is 1.60. The van der Waals surface area contributed by atoms with E-state index in [-0.39, 0.29) is 5.56 Å². The summed E-state index contributed by atoms with van der Waals surface area (Å²) in [5.74, 6) is 0.483. The summed E-state index contributed by atoms with van der Waals surface area (Å²) in [6.45, 7) is 2.30. The summed E-state index contributed by atoms with van der Waals surface area (Å²) in [5, 5.41) is 12.1. The minimum absolute atomic E-state index is 0.205. The molecule has 1 unspecified atom stereocenters. The summed E-state index contributed by atoms with van der Waals surface area (Å²) in [4.78, 5) is 17.1. The van der Waals surface area contributed by atoms with E-state index < -0.39 is 6.10 Å². The van der Waals surface area contributed by atoms with Gasteiger partial charge in [0.25, 0.3) is 5.56 Å². The van der Waals surface area contributed by atoms with Gasteiger partial charge < -0.3 is 15.4 Å². The highest BCUT2D eigenvalue weighted by molar-refractivity contribution is 5.31. The molecular weight excluding hydrogens is 170 g/mol. The van der Waals surface area contributed by atoms with Gasteiger partial charge in [-0.3, -0.25) is 4.79 Å². The lowest BCUT2D eigenvalue weighted by molar-refractivity contribution is 0.183. The fourth-order valence-electron chi connectivity index (χ4n) is 0.832. The molecular formula is C8H13N3O2. The van der Waals surface area contributed by atoms with E-state index in [9.17, 15) is 9.90 Å². The molecule has 0 radical (unpaired) electrons. The molecule has 72 valence electrons. The van der Waals surface area contributed by atoms with Crippen LogP contribution in [0.2, 0.25) is 0 Å². The first kappa shape index (κ1) is 9.73. The maximum absolute atomic E-state index is 10.8. The number of anilines is 1. The molecule has 0 aliphatic carbocycles. The highest BCUT2D eigenvalue weighted by atomic mass is 16.3. The fourth-order valence-corrected chi connectivity index (χ4v) is 0.832. The van der Waals surface area contributed by atoms with Crippen LogP contribution in [0.4, 0.5) is 5.82 Å². The topological polar surface area (TPSA) is 78.0 Å². The molecule has 1 aromatic heterocycles. The van der Waals surface area contributed by atoms with Crippen molar-refractivity contribution in [3.63, 3.8) is 0 Å². The van der Waals surface area contributed by atoms with Crippen molar-refractivity contribution in [3.8, 4) is 0 Å². The van der Waals surface area contributed by atoms with Crippen LogP contribution < -0.4 is 10.9 Å². The zero-order chi connectivity index (χ0) is 9.68. The third-order valence-electron chi connectivity index (χ3n) is 1.67. The van der Waals surface area contributed by atoms with Crippen LogP contribution in [0.3, 0.4) is 0 Å². The lowest BCUT2D eigenvalue weighted by Crippen LogP contribution is -2.19. The Morgan fingerprint density at radius 1 is 1.77 bits per heavy atom. The first-order chi connectivity index (χ1) is 6.22. The van der Waals surface area contributed by atoms with Gasteiger partial charge in [0.05, 0.1) is 12.4 Å². The maximum Gasteiger partial charge on any atom is 0.252 e. The van der Waals surface area contributed by atoms with E-state index >= 15 is 0 Å². The van der Waals surface area contributed by atoms with Crippen molar-refractivity contribution in [2.75, 3.05) is 11.9 Å². The third-order valence-corrected chi connectivity index (χ3v) is 1.67. The van der Waals surface area contributed by atoms with Crippen molar-refractivity contribution in [1.82, 2.24) is 9.97 Å². The standard InChI is InChI=1S/C8H13N3O2/c1-2-6(12)4-9-7-3-8(13)11-5-10-7/h3,5-6,12H,2,4H2,1H3,(H2,9,10,11,13). The molecule has 1 atom stereocenters. The van der Waals surface area contributed by atoms with Crippen molar-refractivity contribution in [2.24, 2.45) is 0 Å². The predicted octanol–water partition coefficient (Wildman–Crippen LogP) is -0.0473. The minimum Gasteiger partial charge on any atom is -0.391 e. The smallest absolute Gasteiger partial charge is 0.252 e. The first-order valence-electron chi connectivity index (χ1n) is 4.19. The van der Waals surface area contributed by atoms with Gasteiger partial charge >= 0.3 is 0 Å². The molecule has 0 fully saturated rings. The zero-order valence-electron chi connectivity index (χ0n) is 7.45. The summed E-state index contributed by atoms with van der Waals surface area (Å²) >= 11 is 0. The molecule has 13 heavy (non-hydrogen) atoms. The number of aliphatic hydroxyl groups excluding tert-OH is 1. The van der Waals surface area contributed by atoms with Gasteiger partial charge in [0.2, 0.25) is 0 Å². The third kappa shape index (κ3) is 3.25. The predicted molar refractivity (Wildman–Crippen MR) is 49.6 cm³/mol. The Labute approximate surface area is 75.8 Å². The largest absolute Gasteiger partial charge is 0.391 e. The molecule has 0 aliphatic heterocycles. The minimum atomic E-state index is -0.402. The van der Waals surface area contributed by atoms with Gasteiger partial charge in [-0.15, -0.1) is 0 Å². The molecule has 0 saturated carbocycles. The van der Waals surface area contributed by atoms with Crippen LogP contribution in [0, 0.1) is 0 Å². The van der Waals surface area contributed by atoms with Crippen LogP contribution in [0.25, 0.3) is 0 Å². The van der Waals surface area contributed by atoms with Crippen LogP contribution in [-0.4, -0.2) is 27.7 Å². The lowest BCUT2D eigenvalue weighted by Gasteiger charge is -2.08. The van der Waals surface area contributed by atoms with Crippen LogP contribution in [-0.2, 0) is 0 Å². The van der Waals surface area contributed by atoms with E-state index in [4.69, 9.17) is 0 Å². The summed E-state index contributed by atoms with van der Waals surface area (Å²) in [7, 11) is 0. The van der Waals surface area contributed by atoms with E-state index in [1.165, 1.54) is 12.4 Å². The van der Waals surface area contributed by atoms with Crippen molar-refractivity contribution in [2.45, 2.75) is 19.4 Å². The number of aliphatic hydroxyl groups is 1. The van der Waals surface area contributed by atoms with Crippen molar-refractivity contribution >= 4 is 5.82 Å². The normalized spacial score (nSPS) is 12.5. The molecule has 5 heteroatoms. The monoisotopic (exact) mass is 183 g/mol. The van der Waals surface area contributed by atoms with Crippen LogP contribution >= 0.6 is 0 Å². The number of aromatic amines is 1. The molecule has 0 aliphatic rings. The molecule has 0 spiro atoms. The zero-order valence-corrected chi connectivity index (χ0v) is 7.45. The molecule has 1 heterocycles. The molecule has 3 N–H and O–H groups in total. The molecule has 0 bridgehead atoms. The molecule has 0 saturated heterocycles. The van der Waals surface area contributed by atoms with E-state index in [1.807, 2.05) is 6.92 Å². The lowest BCUT2D eigenvalue weighted by atomic mass is 10.3. The Balaban J connectivity index is 2.50. The van der Waals surface area contributed by atoms with Gasteiger partial charge in [-0.2, -0.15) is 0 Å². The molecule has 1 aromatic rings. The number of H-pyrrole nitrogens is 1. The molecule has 0 amide bonds. The average Bonchev–Trinajstić information content (AvgIpc) is 2.14. The Morgan fingerprint density at radius 2 is 2.54 bits per heavy atom. The van der Waals surface area contributed by atoms with Gasteiger partial charge in [-0.05, 0) is 6.42 Å². The van der Waals surface area contributed by atoms with Crippen molar-refractivity contribution in [1.29, 1.82) is 0 Å². The summed E-state index contributed by atoms with van der Waals surface area (Å²) in [6, 6.07) is 1.35. The van der Waals surface area contributed by atoms with E-state index in [2.05, 4.69) is 15.3 Å². The van der Waals surface area contributed by atoms with Crippen molar-refractivity contribution < 1.29 is 5.11 Å². The fraction of sp³-hybridized carbons (Fsp3) is 0.500. The van der Waals surface area contributed by atoms with Gasteiger partial charge in [0, 0.05) is 12.6 Å². The van der Waals surface area contributed by atoms with Crippen LogP contribution in [0.5, 0.6) is 0 Å². The van der Waals surface area contributed by atoms with E-state index in [0.29, 0.717) is 18.8 Å². The van der Waals surface area contributed by atoms with Crippen LogP contribution in [0.15, 0.2) is 17.2 Å². The van der Waals surface area contributed by atoms with Gasteiger partial charge in [0.15, 0.2) is 0 Å². The van der Waals surface area contributed by atoms with Gasteiger partial charge in [0.1, 0.15) is 5.82 Å². The first-order valence-corrected chi connectivity index (χ1v) is 4.19. The van der Waals surface area contributed by atoms with Gasteiger partial charge in [-0.1, -0.05) is 6.92 Å². The number of nitrogens with zero attached hydrogens (tertiary/aromatic N) is 1. The molecule has 1 rings (SSSR count). The van der Waals surface area contributed by atoms with Gasteiger partial charge in [-0.25, -0.2) is 4.98 Å². The quantitative estimate of drug-likeness (QED) is 0.611. The van der Waals surface area contributed by atoms with Crippen LogP contribution in [0.1, 0.15) is 13.3 Å². The number of aromatic nitrogens is 2. The number of hydrogen-bond donors (Lipinski definition) is 3. The molecule has 0 aromatic carbocycles. The Bertz CT molecular complexity index is 310. The Morgan fingerprint density at radius 3 is 3.15 bits per heavy atom. The SMILES string of the molecule is CCC(O)CNc1cc(=O)[nH]cn1. The van der Waals surface area contributed by atoms with E-state index in [1.54, 1.807) is 0 Å². The summed E-state index contributed by atoms with van der Waals surface area (Å²) < 4.78 is 0. The number of hydrogen-bond acceptors (Lipinski definition) is 4.